The SMILES string of the molecule is CCCN(CC)CCCC(=O)Nc1ccc(F)c(N)c1. The maximum Gasteiger partial charge on any atom is 0.224 e. The fourth-order valence-corrected chi connectivity index (χ4v) is 2.05. The standard InChI is InChI=1S/C15H24FN3O/c1-3-9-19(4-2)10-5-6-15(20)18-12-7-8-13(16)14(17)11-12/h7-8,11H,3-6,9-10,17H2,1-2H3,(H,18,20). The van der Waals surface area contributed by atoms with E-state index in [0.29, 0.717) is 12.1 Å². The van der Waals surface area contributed by atoms with Crippen molar-refractivity contribution in [1.82, 2.24) is 4.90 Å². The van der Waals surface area contributed by atoms with Gasteiger partial charge in [-0.2, -0.15) is 0 Å². The fourth-order valence-electron chi connectivity index (χ4n) is 2.05. The van der Waals surface area contributed by atoms with Crippen LogP contribution >= 0.6 is 0 Å². The van der Waals surface area contributed by atoms with E-state index in [1.807, 2.05) is 0 Å². The van der Waals surface area contributed by atoms with E-state index in [1.54, 1.807) is 0 Å². The molecule has 0 atom stereocenters. The van der Waals surface area contributed by atoms with Gasteiger partial charge in [-0.3, -0.25) is 4.79 Å². The Kier molecular flexibility index (Phi) is 7.01. The van der Waals surface area contributed by atoms with Crippen LogP contribution in [-0.2, 0) is 4.79 Å². The number of nitrogens with zero attached hydrogens (tertiary/aromatic N) is 1. The molecule has 1 aromatic carbocycles. The predicted molar refractivity (Wildman–Crippen MR) is 81.1 cm³/mol. The number of halogens is 1. The Labute approximate surface area is 120 Å². The molecule has 1 aromatic rings. The molecule has 3 N–H and O–H groups in total. The minimum atomic E-state index is -0.471. The van der Waals surface area contributed by atoms with Crippen LogP contribution in [0, 0.1) is 5.82 Å². The monoisotopic (exact) mass is 281 g/mol. The van der Waals surface area contributed by atoms with E-state index < -0.39 is 5.82 Å². The van der Waals surface area contributed by atoms with E-state index in [4.69, 9.17) is 5.73 Å². The van der Waals surface area contributed by atoms with Crippen LogP contribution in [0.15, 0.2) is 18.2 Å². The first kappa shape index (κ1) is 16.4. The Morgan fingerprint density at radius 2 is 2.10 bits per heavy atom. The van der Waals surface area contributed by atoms with Crippen molar-refractivity contribution in [3.05, 3.63) is 24.0 Å². The normalized spacial score (nSPS) is 10.8. The van der Waals surface area contributed by atoms with Gasteiger partial charge in [0.25, 0.3) is 0 Å². The molecule has 0 spiro atoms. The molecule has 1 rings (SSSR count). The second-order valence-corrected chi connectivity index (χ2v) is 4.82. The third-order valence-electron chi connectivity index (χ3n) is 3.14. The van der Waals surface area contributed by atoms with Crippen LogP contribution in [-0.4, -0.2) is 30.4 Å². The van der Waals surface area contributed by atoms with Crippen molar-refractivity contribution in [3.63, 3.8) is 0 Å². The highest BCUT2D eigenvalue weighted by atomic mass is 19.1. The zero-order chi connectivity index (χ0) is 15.0. The molecule has 0 aliphatic heterocycles. The van der Waals surface area contributed by atoms with E-state index in [1.165, 1.54) is 18.2 Å². The van der Waals surface area contributed by atoms with Gasteiger partial charge >= 0.3 is 0 Å². The smallest absolute Gasteiger partial charge is 0.224 e. The Balaban J connectivity index is 2.34. The maximum absolute atomic E-state index is 13.0. The van der Waals surface area contributed by atoms with Crippen molar-refractivity contribution in [2.45, 2.75) is 33.1 Å². The summed E-state index contributed by atoms with van der Waals surface area (Å²) in [5, 5.41) is 2.73. The molecule has 0 saturated heterocycles. The van der Waals surface area contributed by atoms with Crippen molar-refractivity contribution >= 4 is 17.3 Å². The zero-order valence-electron chi connectivity index (χ0n) is 12.3. The Bertz CT molecular complexity index is 437. The van der Waals surface area contributed by atoms with Crippen LogP contribution in [0.25, 0.3) is 0 Å². The van der Waals surface area contributed by atoms with Gasteiger partial charge in [0.15, 0.2) is 0 Å². The molecular weight excluding hydrogens is 257 g/mol. The van der Waals surface area contributed by atoms with Crippen LogP contribution < -0.4 is 11.1 Å². The largest absolute Gasteiger partial charge is 0.396 e. The summed E-state index contributed by atoms with van der Waals surface area (Å²) in [4.78, 5) is 14.1. The highest BCUT2D eigenvalue weighted by molar-refractivity contribution is 5.91. The van der Waals surface area contributed by atoms with Crippen molar-refractivity contribution in [3.8, 4) is 0 Å². The molecule has 0 aliphatic rings. The molecular formula is C15H24FN3O. The van der Waals surface area contributed by atoms with E-state index in [9.17, 15) is 9.18 Å². The molecule has 20 heavy (non-hydrogen) atoms. The number of nitrogens with one attached hydrogen (secondary N) is 1. The van der Waals surface area contributed by atoms with Gasteiger partial charge in [0.1, 0.15) is 5.82 Å². The third kappa shape index (κ3) is 5.57. The Hall–Kier alpha value is -1.62. The minimum absolute atomic E-state index is 0.0444. The third-order valence-corrected chi connectivity index (χ3v) is 3.14. The van der Waals surface area contributed by atoms with Gasteiger partial charge in [-0.1, -0.05) is 13.8 Å². The molecule has 4 nitrogen and oxygen atoms in total. The molecule has 0 aliphatic carbocycles. The van der Waals surface area contributed by atoms with Gasteiger partial charge in [-0.25, -0.2) is 4.39 Å². The number of anilines is 2. The van der Waals surface area contributed by atoms with Gasteiger partial charge < -0.3 is 16.0 Å². The first-order valence-electron chi connectivity index (χ1n) is 7.14. The van der Waals surface area contributed by atoms with Crippen molar-refractivity contribution in [1.29, 1.82) is 0 Å². The summed E-state index contributed by atoms with van der Waals surface area (Å²) < 4.78 is 13.0. The zero-order valence-corrected chi connectivity index (χ0v) is 12.3. The van der Waals surface area contributed by atoms with Gasteiger partial charge in [-0.15, -0.1) is 0 Å². The minimum Gasteiger partial charge on any atom is -0.396 e. The van der Waals surface area contributed by atoms with E-state index in [2.05, 4.69) is 24.1 Å². The molecule has 1 amide bonds. The average molecular weight is 281 g/mol. The number of hydrogen-bond acceptors (Lipinski definition) is 3. The first-order chi connectivity index (χ1) is 9.56. The van der Waals surface area contributed by atoms with Crippen molar-refractivity contribution in [2.24, 2.45) is 0 Å². The van der Waals surface area contributed by atoms with E-state index in [0.717, 1.165) is 32.5 Å². The lowest BCUT2D eigenvalue weighted by molar-refractivity contribution is -0.116. The number of amides is 1. The Morgan fingerprint density at radius 3 is 2.70 bits per heavy atom. The highest BCUT2D eigenvalue weighted by Crippen LogP contribution is 2.16. The molecule has 0 unspecified atom stereocenters. The summed E-state index contributed by atoms with van der Waals surface area (Å²) in [5.74, 6) is -0.537. The lowest BCUT2D eigenvalue weighted by Gasteiger charge is -2.18. The summed E-state index contributed by atoms with van der Waals surface area (Å²) in [5.41, 5.74) is 6.04. The summed E-state index contributed by atoms with van der Waals surface area (Å²) in [7, 11) is 0. The molecule has 0 fully saturated rings. The number of nitrogens with two attached hydrogens (primary N) is 1. The lowest BCUT2D eigenvalue weighted by Crippen LogP contribution is -2.26. The molecule has 5 heteroatoms. The van der Waals surface area contributed by atoms with E-state index >= 15 is 0 Å². The van der Waals surface area contributed by atoms with Crippen molar-refractivity contribution < 1.29 is 9.18 Å². The number of benzene rings is 1. The summed E-state index contributed by atoms with van der Waals surface area (Å²) in [6, 6.07) is 4.20. The van der Waals surface area contributed by atoms with Crippen LogP contribution in [0.4, 0.5) is 15.8 Å². The van der Waals surface area contributed by atoms with Crippen LogP contribution in [0.5, 0.6) is 0 Å². The number of carbonyl (C=O) groups is 1. The van der Waals surface area contributed by atoms with Crippen LogP contribution in [0.1, 0.15) is 33.1 Å². The number of rotatable bonds is 8. The summed E-state index contributed by atoms with van der Waals surface area (Å²) >= 11 is 0. The van der Waals surface area contributed by atoms with Crippen LogP contribution in [0.2, 0.25) is 0 Å². The summed E-state index contributed by atoms with van der Waals surface area (Å²) in [6.45, 7) is 7.26. The number of hydrogen-bond donors (Lipinski definition) is 2. The van der Waals surface area contributed by atoms with Gasteiger partial charge in [0.2, 0.25) is 5.91 Å². The molecule has 0 heterocycles. The second kappa shape index (κ2) is 8.53. The highest BCUT2D eigenvalue weighted by Gasteiger charge is 2.06. The second-order valence-electron chi connectivity index (χ2n) is 4.82. The van der Waals surface area contributed by atoms with Gasteiger partial charge in [-0.05, 0) is 50.7 Å². The molecule has 0 saturated carbocycles. The number of nitrogen functional groups attached to an aromatic ring is 1. The van der Waals surface area contributed by atoms with Crippen molar-refractivity contribution in [2.75, 3.05) is 30.7 Å². The number of carbonyl (C=O) groups excluding carboxylic acids is 1. The maximum atomic E-state index is 13.0. The van der Waals surface area contributed by atoms with Gasteiger partial charge in [0.05, 0.1) is 5.69 Å². The van der Waals surface area contributed by atoms with Crippen LogP contribution in [0.3, 0.4) is 0 Å². The fraction of sp³-hybridized carbons (Fsp3) is 0.533. The lowest BCUT2D eigenvalue weighted by atomic mass is 10.2. The molecule has 112 valence electrons. The van der Waals surface area contributed by atoms with Gasteiger partial charge in [0, 0.05) is 12.1 Å². The topological polar surface area (TPSA) is 58.4 Å². The van der Waals surface area contributed by atoms with E-state index in [-0.39, 0.29) is 11.6 Å². The average Bonchev–Trinajstić information content (AvgIpc) is 2.42. The summed E-state index contributed by atoms with van der Waals surface area (Å²) in [6.07, 6.45) is 2.39. The first-order valence-corrected chi connectivity index (χ1v) is 7.14. The Morgan fingerprint density at radius 1 is 1.35 bits per heavy atom. The molecule has 0 aromatic heterocycles. The molecule has 0 bridgehead atoms. The quantitative estimate of drug-likeness (QED) is 0.720. The predicted octanol–water partition coefficient (Wildman–Crippen LogP) is 2.86. The molecule has 0 radical (unpaired) electrons.